The van der Waals surface area contributed by atoms with Crippen molar-refractivity contribution in [1.82, 2.24) is 14.5 Å². The SMILES string of the molecule is COC(=O)c1csc(NC(=O)[C@H](Cc2ccccc2)n2c(O)c(-c3ccccc3Cl)[nH]c2=O)n1. The van der Waals surface area contributed by atoms with Gasteiger partial charge in [-0.25, -0.2) is 19.1 Å². The highest BCUT2D eigenvalue weighted by Crippen LogP contribution is 2.34. The number of esters is 1. The highest BCUT2D eigenvalue weighted by atomic mass is 35.5. The number of aromatic nitrogens is 3. The van der Waals surface area contributed by atoms with Crippen molar-refractivity contribution in [2.45, 2.75) is 12.5 Å². The summed E-state index contributed by atoms with van der Waals surface area (Å²) in [4.78, 5) is 44.6. The van der Waals surface area contributed by atoms with E-state index in [0.717, 1.165) is 21.5 Å². The molecule has 0 radical (unpaired) electrons. The van der Waals surface area contributed by atoms with Gasteiger partial charge >= 0.3 is 11.7 Å². The predicted octanol–water partition coefficient (Wildman–Crippen LogP) is 3.87. The zero-order valence-corrected chi connectivity index (χ0v) is 19.4. The van der Waals surface area contributed by atoms with Crippen LogP contribution in [0.4, 0.5) is 5.13 Å². The van der Waals surface area contributed by atoms with Gasteiger partial charge < -0.3 is 20.1 Å². The fraction of sp³-hybridized carbons (Fsp3) is 0.130. The maximum atomic E-state index is 13.3. The summed E-state index contributed by atoms with van der Waals surface area (Å²) >= 11 is 7.28. The first kappa shape index (κ1) is 23.3. The number of thiazole rings is 1. The van der Waals surface area contributed by atoms with E-state index in [2.05, 4.69) is 20.0 Å². The summed E-state index contributed by atoms with van der Waals surface area (Å²) in [7, 11) is 1.23. The number of hydrogen-bond acceptors (Lipinski definition) is 7. The molecule has 3 N–H and O–H groups in total. The van der Waals surface area contributed by atoms with Gasteiger partial charge in [0.05, 0.1) is 12.1 Å². The van der Waals surface area contributed by atoms with Crippen LogP contribution in [0.3, 0.4) is 0 Å². The van der Waals surface area contributed by atoms with Gasteiger partial charge in [-0.3, -0.25) is 4.79 Å². The van der Waals surface area contributed by atoms with Crippen molar-refractivity contribution in [3.8, 4) is 17.1 Å². The van der Waals surface area contributed by atoms with E-state index in [1.807, 2.05) is 30.3 Å². The first-order valence-electron chi connectivity index (χ1n) is 10.1. The Kier molecular flexibility index (Phi) is 6.80. The second-order valence-corrected chi connectivity index (χ2v) is 8.47. The minimum Gasteiger partial charge on any atom is -0.493 e. The topological polar surface area (TPSA) is 126 Å². The lowest BCUT2D eigenvalue weighted by Crippen LogP contribution is -2.33. The van der Waals surface area contributed by atoms with Crippen molar-refractivity contribution in [3.05, 3.63) is 86.7 Å². The van der Waals surface area contributed by atoms with Gasteiger partial charge in [-0.15, -0.1) is 11.3 Å². The number of ether oxygens (including phenoxy) is 1. The van der Waals surface area contributed by atoms with Gasteiger partial charge in [0.25, 0.3) is 0 Å². The fourth-order valence-electron chi connectivity index (χ4n) is 3.44. The molecule has 2 heterocycles. The quantitative estimate of drug-likeness (QED) is 0.332. The molecule has 11 heteroatoms. The van der Waals surface area contributed by atoms with E-state index in [4.69, 9.17) is 11.6 Å². The Hall–Kier alpha value is -3.89. The van der Waals surface area contributed by atoms with Crippen LogP contribution >= 0.6 is 22.9 Å². The van der Waals surface area contributed by atoms with Crippen molar-refractivity contribution >= 4 is 39.9 Å². The Morgan fingerprint density at radius 3 is 2.62 bits per heavy atom. The van der Waals surface area contributed by atoms with E-state index in [1.165, 1.54) is 12.5 Å². The third-order valence-corrected chi connectivity index (χ3v) is 6.15. The highest BCUT2D eigenvalue weighted by molar-refractivity contribution is 7.14. The van der Waals surface area contributed by atoms with Gasteiger partial charge in [0.2, 0.25) is 11.8 Å². The van der Waals surface area contributed by atoms with Crippen molar-refractivity contribution in [3.63, 3.8) is 0 Å². The van der Waals surface area contributed by atoms with Crippen LogP contribution in [0.15, 0.2) is 64.8 Å². The lowest BCUT2D eigenvalue weighted by molar-refractivity contribution is -0.119. The molecule has 0 spiro atoms. The number of amides is 1. The van der Waals surface area contributed by atoms with E-state index in [1.54, 1.807) is 24.3 Å². The minimum atomic E-state index is -1.13. The number of benzene rings is 2. The molecule has 1 atom stereocenters. The number of imidazole rings is 1. The molecule has 0 fully saturated rings. The summed E-state index contributed by atoms with van der Waals surface area (Å²) in [5.74, 6) is -1.67. The van der Waals surface area contributed by atoms with Gasteiger partial charge in [0.15, 0.2) is 10.8 Å². The molecule has 34 heavy (non-hydrogen) atoms. The van der Waals surface area contributed by atoms with E-state index in [9.17, 15) is 19.5 Å². The van der Waals surface area contributed by atoms with Gasteiger partial charge in [-0.1, -0.05) is 60.1 Å². The number of H-pyrrole nitrogens is 1. The number of carbonyl (C=O) groups excluding carboxylic acids is 2. The van der Waals surface area contributed by atoms with Crippen molar-refractivity contribution in [1.29, 1.82) is 0 Å². The van der Waals surface area contributed by atoms with Gasteiger partial charge in [-0.2, -0.15) is 0 Å². The molecule has 1 amide bonds. The first-order valence-corrected chi connectivity index (χ1v) is 11.3. The molecule has 0 aliphatic carbocycles. The van der Waals surface area contributed by atoms with Gasteiger partial charge in [0, 0.05) is 17.4 Å². The first-order chi connectivity index (χ1) is 16.4. The normalized spacial score (nSPS) is 11.7. The third kappa shape index (κ3) is 4.73. The maximum absolute atomic E-state index is 13.3. The van der Waals surface area contributed by atoms with Crippen LogP contribution < -0.4 is 11.0 Å². The summed E-state index contributed by atoms with van der Waals surface area (Å²) in [6, 6.07) is 14.6. The molecule has 0 unspecified atom stereocenters. The Balaban J connectivity index is 1.73. The summed E-state index contributed by atoms with van der Waals surface area (Å²) in [5.41, 5.74) is 0.648. The molecule has 4 rings (SSSR count). The van der Waals surface area contributed by atoms with E-state index in [0.29, 0.717) is 10.6 Å². The minimum absolute atomic E-state index is 0.0464. The van der Waals surface area contributed by atoms with Crippen LogP contribution in [-0.2, 0) is 16.0 Å². The lowest BCUT2D eigenvalue weighted by atomic mass is 10.0. The van der Waals surface area contributed by atoms with Gasteiger partial charge in [0.1, 0.15) is 11.7 Å². The molecule has 2 aromatic heterocycles. The maximum Gasteiger partial charge on any atom is 0.357 e. The highest BCUT2D eigenvalue weighted by Gasteiger charge is 2.29. The summed E-state index contributed by atoms with van der Waals surface area (Å²) in [5, 5.41) is 15.5. The van der Waals surface area contributed by atoms with Crippen LogP contribution in [0.1, 0.15) is 22.1 Å². The van der Waals surface area contributed by atoms with Crippen LogP contribution in [0.5, 0.6) is 5.88 Å². The Bertz CT molecular complexity index is 1400. The smallest absolute Gasteiger partial charge is 0.357 e. The largest absolute Gasteiger partial charge is 0.493 e. The average molecular weight is 499 g/mol. The van der Waals surface area contributed by atoms with Crippen LogP contribution in [-0.4, -0.2) is 38.6 Å². The number of anilines is 1. The van der Waals surface area contributed by atoms with Crippen molar-refractivity contribution in [2.75, 3.05) is 12.4 Å². The molecule has 4 aromatic rings. The lowest BCUT2D eigenvalue weighted by Gasteiger charge is -2.18. The molecule has 9 nitrogen and oxygen atoms in total. The number of rotatable bonds is 7. The molecule has 0 bridgehead atoms. The molecule has 0 saturated heterocycles. The van der Waals surface area contributed by atoms with Crippen molar-refractivity contribution < 1.29 is 19.4 Å². The zero-order chi connectivity index (χ0) is 24.2. The number of aromatic amines is 1. The summed E-state index contributed by atoms with van der Waals surface area (Å²) in [6.07, 6.45) is 0.106. The molecule has 174 valence electrons. The van der Waals surface area contributed by atoms with Crippen LogP contribution in [0.2, 0.25) is 5.02 Å². The number of carbonyl (C=O) groups is 2. The second kappa shape index (κ2) is 9.94. The standard InChI is InChI=1S/C23H19ClN4O5S/c1-33-21(31)16-12-34-22(25-16)27-19(29)17(11-13-7-3-2-4-8-13)28-20(30)18(26-23(28)32)14-9-5-6-10-15(14)24/h2-10,12,17,30H,11H2,1H3,(H,26,32)(H,25,27,29)/t17-/m0/s1. The Labute approximate surface area is 202 Å². The number of aromatic hydroxyl groups is 1. The molecular formula is C23H19ClN4O5S. The van der Waals surface area contributed by atoms with Crippen LogP contribution in [0, 0.1) is 0 Å². The third-order valence-electron chi connectivity index (χ3n) is 5.06. The monoisotopic (exact) mass is 498 g/mol. The number of methoxy groups -OCH3 is 1. The molecule has 0 saturated carbocycles. The molecular weight excluding hydrogens is 480 g/mol. The summed E-state index contributed by atoms with van der Waals surface area (Å²) < 4.78 is 5.62. The Morgan fingerprint density at radius 2 is 1.91 bits per heavy atom. The predicted molar refractivity (Wildman–Crippen MR) is 128 cm³/mol. The molecule has 2 aromatic carbocycles. The average Bonchev–Trinajstić information content (AvgIpc) is 3.42. The summed E-state index contributed by atoms with van der Waals surface area (Å²) in [6.45, 7) is 0. The Morgan fingerprint density at radius 1 is 1.21 bits per heavy atom. The number of nitrogens with zero attached hydrogens (tertiary/aromatic N) is 2. The zero-order valence-electron chi connectivity index (χ0n) is 17.8. The van der Waals surface area contributed by atoms with Crippen molar-refractivity contribution in [2.24, 2.45) is 0 Å². The fourth-order valence-corrected chi connectivity index (χ4v) is 4.35. The molecule has 0 aliphatic heterocycles. The molecule has 0 aliphatic rings. The van der Waals surface area contributed by atoms with E-state index < -0.39 is 29.5 Å². The van der Waals surface area contributed by atoms with E-state index in [-0.39, 0.29) is 22.9 Å². The number of nitrogens with one attached hydrogen (secondary N) is 2. The van der Waals surface area contributed by atoms with E-state index >= 15 is 0 Å². The second-order valence-electron chi connectivity index (χ2n) is 7.20. The van der Waals surface area contributed by atoms with Crippen LogP contribution in [0.25, 0.3) is 11.3 Å². The number of hydrogen-bond donors (Lipinski definition) is 3. The van der Waals surface area contributed by atoms with Gasteiger partial charge in [-0.05, 0) is 11.6 Å². The number of halogens is 1.